The average molecular weight is 352 g/mol. The van der Waals surface area contributed by atoms with Gasteiger partial charge in [0.25, 0.3) is 5.24 Å². The quantitative estimate of drug-likeness (QED) is 0.759. The van der Waals surface area contributed by atoms with Crippen molar-refractivity contribution in [2.24, 2.45) is 5.41 Å². The van der Waals surface area contributed by atoms with Crippen LogP contribution in [0.15, 0.2) is 17.0 Å². The van der Waals surface area contributed by atoms with Gasteiger partial charge < -0.3 is 10.0 Å². The van der Waals surface area contributed by atoms with Gasteiger partial charge in [-0.2, -0.15) is 0 Å². The molecule has 134 valence electrons. The van der Waals surface area contributed by atoms with Crippen LogP contribution >= 0.6 is 11.8 Å². The molecule has 0 aliphatic carbocycles. The molecule has 1 aromatic carbocycles. The summed E-state index contributed by atoms with van der Waals surface area (Å²) < 4.78 is 0. The summed E-state index contributed by atoms with van der Waals surface area (Å²) in [4.78, 5) is 25.7. The van der Waals surface area contributed by atoms with E-state index in [1.807, 2.05) is 13.0 Å². The minimum Gasteiger partial charge on any atom is -0.478 e. The van der Waals surface area contributed by atoms with Gasteiger partial charge in [-0.15, -0.1) is 0 Å². The number of aryl methyl sites for hydroxylation is 1. The van der Waals surface area contributed by atoms with Crippen molar-refractivity contribution in [3.63, 3.8) is 0 Å². The molecule has 0 bridgehead atoms. The predicted octanol–water partition coefficient (Wildman–Crippen LogP) is 5.18. The second-order valence-corrected chi connectivity index (χ2v) is 9.32. The molecule has 0 unspecified atom stereocenters. The lowest BCUT2D eigenvalue weighted by Crippen LogP contribution is -2.25. The SMILES string of the molecule is Cc1cc(C(C)(C)CC(C)(C)C)cc(C(=O)O)c1SC(=O)N(C)C. The first-order chi connectivity index (χ1) is 10.7. The summed E-state index contributed by atoms with van der Waals surface area (Å²) in [7, 11) is 3.32. The molecule has 0 saturated heterocycles. The zero-order valence-corrected chi connectivity index (χ0v) is 16.8. The molecule has 0 fully saturated rings. The fourth-order valence-corrected chi connectivity index (χ4v) is 3.90. The van der Waals surface area contributed by atoms with E-state index in [-0.39, 0.29) is 21.6 Å². The first-order valence-electron chi connectivity index (χ1n) is 8.02. The van der Waals surface area contributed by atoms with E-state index in [1.54, 1.807) is 20.2 Å². The van der Waals surface area contributed by atoms with Gasteiger partial charge in [0.1, 0.15) is 0 Å². The van der Waals surface area contributed by atoms with Gasteiger partial charge >= 0.3 is 5.97 Å². The highest BCUT2D eigenvalue weighted by molar-refractivity contribution is 8.13. The van der Waals surface area contributed by atoms with Gasteiger partial charge in [-0.05, 0) is 53.1 Å². The molecule has 4 nitrogen and oxygen atoms in total. The maximum Gasteiger partial charge on any atom is 0.336 e. The number of hydrogen-bond donors (Lipinski definition) is 1. The van der Waals surface area contributed by atoms with E-state index in [0.717, 1.165) is 29.3 Å². The zero-order chi connectivity index (χ0) is 18.9. The van der Waals surface area contributed by atoms with Crippen LogP contribution in [0.25, 0.3) is 0 Å². The summed E-state index contributed by atoms with van der Waals surface area (Å²) in [6.07, 6.45) is 0.932. The van der Waals surface area contributed by atoms with E-state index in [4.69, 9.17) is 0 Å². The number of carbonyl (C=O) groups is 2. The van der Waals surface area contributed by atoms with Gasteiger partial charge in [0, 0.05) is 19.0 Å². The Labute approximate surface area is 149 Å². The van der Waals surface area contributed by atoms with Crippen molar-refractivity contribution >= 4 is 23.0 Å². The van der Waals surface area contributed by atoms with Crippen molar-refractivity contribution in [2.45, 2.75) is 58.3 Å². The van der Waals surface area contributed by atoms with E-state index in [1.165, 1.54) is 4.90 Å². The minimum atomic E-state index is -0.999. The summed E-state index contributed by atoms with van der Waals surface area (Å²) in [5.74, 6) is -0.999. The molecular formula is C19H29NO3S. The normalized spacial score (nSPS) is 12.2. The Bertz CT molecular complexity index is 643. The number of hydrogen-bond acceptors (Lipinski definition) is 3. The smallest absolute Gasteiger partial charge is 0.336 e. The van der Waals surface area contributed by atoms with E-state index in [0.29, 0.717) is 4.90 Å². The molecule has 1 amide bonds. The lowest BCUT2D eigenvalue weighted by Gasteiger charge is -2.33. The van der Waals surface area contributed by atoms with Gasteiger partial charge in [0.15, 0.2) is 0 Å². The van der Waals surface area contributed by atoms with Gasteiger partial charge in [-0.1, -0.05) is 40.7 Å². The highest BCUT2D eigenvalue weighted by Gasteiger charge is 2.29. The largest absolute Gasteiger partial charge is 0.478 e. The predicted molar refractivity (Wildman–Crippen MR) is 100 cm³/mol. The van der Waals surface area contributed by atoms with Crippen LogP contribution < -0.4 is 0 Å². The molecule has 0 spiro atoms. The van der Waals surface area contributed by atoms with Crippen LogP contribution in [-0.2, 0) is 5.41 Å². The Kier molecular flexibility index (Phi) is 6.15. The molecule has 0 atom stereocenters. The van der Waals surface area contributed by atoms with Crippen LogP contribution in [0.1, 0.15) is 62.5 Å². The summed E-state index contributed by atoms with van der Waals surface area (Å²) >= 11 is 0.972. The highest BCUT2D eigenvalue weighted by atomic mass is 32.2. The minimum absolute atomic E-state index is 0.134. The third kappa shape index (κ3) is 5.26. The Morgan fingerprint density at radius 2 is 1.67 bits per heavy atom. The Balaban J connectivity index is 3.39. The lowest BCUT2D eigenvalue weighted by atomic mass is 9.72. The number of aromatic carboxylic acids is 1. The van der Waals surface area contributed by atoms with Gasteiger partial charge in [-0.3, -0.25) is 4.79 Å². The molecular weight excluding hydrogens is 322 g/mol. The summed E-state index contributed by atoms with van der Waals surface area (Å²) in [6.45, 7) is 12.7. The summed E-state index contributed by atoms with van der Waals surface area (Å²) in [5, 5.41) is 9.45. The van der Waals surface area contributed by atoms with Crippen LogP contribution in [0.3, 0.4) is 0 Å². The Morgan fingerprint density at radius 1 is 1.12 bits per heavy atom. The monoisotopic (exact) mass is 351 g/mol. The third-order valence-electron chi connectivity index (χ3n) is 3.81. The van der Waals surface area contributed by atoms with Gasteiger partial charge in [0.05, 0.1) is 5.56 Å². The maximum atomic E-state index is 12.0. The van der Waals surface area contributed by atoms with Crippen LogP contribution in [0.2, 0.25) is 0 Å². The highest BCUT2D eigenvalue weighted by Crippen LogP contribution is 2.39. The average Bonchev–Trinajstić information content (AvgIpc) is 2.37. The van der Waals surface area contributed by atoms with Gasteiger partial charge in [-0.25, -0.2) is 4.79 Å². The zero-order valence-electron chi connectivity index (χ0n) is 16.0. The van der Waals surface area contributed by atoms with E-state index >= 15 is 0 Å². The second-order valence-electron chi connectivity index (χ2n) is 8.36. The number of carboxylic acid groups (broad SMARTS) is 1. The molecule has 0 heterocycles. The molecule has 1 aromatic rings. The molecule has 0 saturated carbocycles. The molecule has 1 rings (SSSR count). The summed E-state index contributed by atoms with van der Waals surface area (Å²) in [6, 6.07) is 3.75. The third-order valence-corrected chi connectivity index (χ3v) is 5.10. The number of nitrogens with zero attached hydrogens (tertiary/aromatic N) is 1. The molecule has 0 aliphatic rings. The summed E-state index contributed by atoms with van der Waals surface area (Å²) in [5.41, 5.74) is 2.00. The van der Waals surface area contributed by atoms with Crippen LogP contribution in [0.4, 0.5) is 4.79 Å². The van der Waals surface area contributed by atoms with E-state index in [9.17, 15) is 14.7 Å². The molecule has 1 N–H and O–H groups in total. The Hall–Kier alpha value is -1.49. The maximum absolute atomic E-state index is 12.0. The van der Waals surface area contributed by atoms with E-state index < -0.39 is 5.97 Å². The fraction of sp³-hybridized carbons (Fsp3) is 0.579. The molecule has 24 heavy (non-hydrogen) atoms. The van der Waals surface area contributed by atoms with Crippen molar-refractivity contribution in [3.8, 4) is 0 Å². The standard InChI is InChI=1S/C19H29NO3S/c1-12-9-13(19(5,6)11-18(2,3)4)10-14(16(21)22)15(12)24-17(23)20(7)8/h9-10H,11H2,1-8H3,(H,21,22). The van der Waals surface area contributed by atoms with Crippen LogP contribution in [0, 0.1) is 12.3 Å². The van der Waals surface area contributed by atoms with Crippen molar-refractivity contribution in [1.29, 1.82) is 0 Å². The van der Waals surface area contributed by atoms with Crippen molar-refractivity contribution in [3.05, 3.63) is 28.8 Å². The van der Waals surface area contributed by atoms with Crippen molar-refractivity contribution in [2.75, 3.05) is 14.1 Å². The number of carbonyl (C=O) groups excluding carboxylic acids is 1. The molecule has 0 aliphatic heterocycles. The Morgan fingerprint density at radius 3 is 2.08 bits per heavy atom. The number of rotatable bonds is 4. The van der Waals surface area contributed by atoms with Crippen molar-refractivity contribution in [1.82, 2.24) is 4.90 Å². The number of amides is 1. The number of benzene rings is 1. The second kappa shape index (κ2) is 7.18. The lowest BCUT2D eigenvalue weighted by molar-refractivity contribution is 0.0692. The van der Waals surface area contributed by atoms with E-state index in [2.05, 4.69) is 34.6 Å². The molecule has 0 aromatic heterocycles. The number of thioether (sulfide) groups is 1. The first kappa shape index (κ1) is 20.6. The van der Waals surface area contributed by atoms with Crippen LogP contribution in [0.5, 0.6) is 0 Å². The van der Waals surface area contributed by atoms with Crippen molar-refractivity contribution < 1.29 is 14.7 Å². The van der Waals surface area contributed by atoms with Crippen LogP contribution in [-0.4, -0.2) is 35.3 Å². The van der Waals surface area contributed by atoms with Gasteiger partial charge in [0.2, 0.25) is 0 Å². The molecule has 5 heteroatoms. The number of carboxylic acids is 1. The topological polar surface area (TPSA) is 57.6 Å². The first-order valence-corrected chi connectivity index (χ1v) is 8.84. The fourth-order valence-electron chi connectivity index (χ4n) is 3.07. The molecule has 0 radical (unpaired) electrons.